The Bertz CT molecular complexity index is 796. The minimum Gasteiger partial charge on any atom is -0.464 e. The average Bonchev–Trinajstić information content (AvgIpc) is 3.06. The number of benzene rings is 1. The first kappa shape index (κ1) is 16.3. The highest BCUT2D eigenvalue weighted by Gasteiger charge is 2.43. The van der Waals surface area contributed by atoms with Gasteiger partial charge < -0.3 is 19.0 Å². The monoisotopic (exact) mass is 328 g/mol. The Morgan fingerprint density at radius 3 is 2.58 bits per heavy atom. The lowest BCUT2D eigenvalue weighted by molar-refractivity contribution is -0.184. The fourth-order valence-corrected chi connectivity index (χ4v) is 2.65. The van der Waals surface area contributed by atoms with Crippen molar-refractivity contribution in [2.75, 3.05) is 7.11 Å². The van der Waals surface area contributed by atoms with Gasteiger partial charge in [0.25, 0.3) is 0 Å². The maximum Gasteiger partial charge on any atom is 0.383 e. The fraction of sp³-hybridized carbons (Fsp3) is 0.316. The molecule has 1 aliphatic rings. The molecule has 0 radical (unpaired) electrons. The Balaban J connectivity index is 2.20. The van der Waals surface area contributed by atoms with Gasteiger partial charge in [-0.1, -0.05) is 26.8 Å². The molecule has 126 valence electrons. The number of carbonyl (C=O) groups excluding carboxylic acids is 1. The molecule has 1 aromatic heterocycles. The van der Waals surface area contributed by atoms with Gasteiger partial charge in [0, 0.05) is 17.2 Å². The Morgan fingerprint density at radius 1 is 1.25 bits per heavy atom. The van der Waals surface area contributed by atoms with E-state index in [1.807, 2.05) is 12.1 Å². The molecule has 5 nitrogen and oxygen atoms in total. The van der Waals surface area contributed by atoms with E-state index < -0.39 is 11.8 Å². The van der Waals surface area contributed by atoms with E-state index >= 15 is 0 Å². The molecule has 0 bridgehead atoms. The lowest BCUT2D eigenvalue weighted by atomic mass is 9.84. The van der Waals surface area contributed by atoms with Crippen molar-refractivity contribution in [1.29, 1.82) is 0 Å². The molecule has 1 aromatic carbocycles. The number of esters is 1. The first-order valence-corrected chi connectivity index (χ1v) is 7.66. The molecule has 1 aliphatic heterocycles. The standard InChI is InChI=1S/C19H20O5/c1-18(2,3)12-7-8-16-13(10-12)14(15-6-5-9-23-15)11-19(21,24-16)17(20)22-4/h5-11,21H,1-4H3. The molecule has 0 saturated carbocycles. The summed E-state index contributed by atoms with van der Waals surface area (Å²) in [5, 5.41) is 10.6. The summed E-state index contributed by atoms with van der Waals surface area (Å²) in [5.74, 6) is -2.15. The minimum atomic E-state index is -2.19. The van der Waals surface area contributed by atoms with Crippen molar-refractivity contribution in [3.63, 3.8) is 0 Å². The smallest absolute Gasteiger partial charge is 0.383 e. The van der Waals surface area contributed by atoms with Crippen molar-refractivity contribution in [1.82, 2.24) is 0 Å². The molecule has 0 amide bonds. The van der Waals surface area contributed by atoms with Crippen LogP contribution in [0, 0.1) is 0 Å². The molecule has 2 heterocycles. The number of methoxy groups -OCH3 is 1. The maximum absolute atomic E-state index is 12.0. The second-order valence-electron chi connectivity index (χ2n) is 6.79. The van der Waals surface area contributed by atoms with Gasteiger partial charge in [0.15, 0.2) is 0 Å². The summed E-state index contributed by atoms with van der Waals surface area (Å²) in [6, 6.07) is 9.17. The molecule has 3 rings (SSSR count). The molecular weight excluding hydrogens is 308 g/mol. The summed E-state index contributed by atoms with van der Waals surface area (Å²) in [5.41, 5.74) is 2.39. The lowest BCUT2D eigenvalue weighted by Crippen LogP contribution is -2.45. The van der Waals surface area contributed by atoms with Gasteiger partial charge in [0.2, 0.25) is 0 Å². The van der Waals surface area contributed by atoms with Crippen molar-refractivity contribution < 1.29 is 23.8 Å². The normalized spacial score (nSPS) is 20.0. The molecule has 1 atom stereocenters. The second-order valence-corrected chi connectivity index (χ2v) is 6.79. The van der Waals surface area contributed by atoms with Crippen LogP contribution in [0.2, 0.25) is 0 Å². The van der Waals surface area contributed by atoms with Crippen LogP contribution in [-0.2, 0) is 14.9 Å². The Morgan fingerprint density at radius 2 is 2.00 bits per heavy atom. The van der Waals surface area contributed by atoms with Crippen LogP contribution < -0.4 is 4.74 Å². The summed E-state index contributed by atoms with van der Waals surface area (Å²) >= 11 is 0. The van der Waals surface area contributed by atoms with E-state index in [-0.39, 0.29) is 5.41 Å². The highest BCUT2D eigenvalue weighted by molar-refractivity contribution is 5.90. The highest BCUT2D eigenvalue weighted by Crippen LogP contribution is 2.41. The van der Waals surface area contributed by atoms with E-state index in [2.05, 4.69) is 25.5 Å². The zero-order valence-corrected chi connectivity index (χ0v) is 14.1. The Kier molecular flexibility index (Phi) is 3.76. The molecule has 1 unspecified atom stereocenters. The minimum absolute atomic E-state index is 0.0561. The predicted molar refractivity (Wildman–Crippen MR) is 88.5 cm³/mol. The summed E-state index contributed by atoms with van der Waals surface area (Å²) in [4.78, 5) is 12.0. The van der Waals surface area contributed by atoms with Gasteiger partial charge in [0.05, 0.1) is 13.4 Å². The van der Waals surface area contributed by atoms with E-state index in [4.69, 9.17) is 9.15 Å². The SMILES string of the molecule is COC(=O)C1(O)C=C(c2ccco2)c2cc(C(C)(C)C)ccc2O1. The second kappa shape index (κ2) is 5.53. The third kappa shape index (κ3) is 2.71. The van der Waals surface area contributed by atoms with Gasteiger partial charge in [-0.05, 0) is 35.2 Å². The number of ether oxygens (including phenoxy) is 2. The number of aliphatic hydroxyl groups is 1. The summed E-state index contributed by atoms with van der Waals surface area (Å²) < 4.78 is 15.7. The van der Waals surface area contributed by atoms with Gasteiger partial charge >= 0.3 is 11.8 Å². The third-order valence-electron chi connectivity index (χ3n) is 4.01. The fourth-order valence-electron chi connectivity index (χ4n) is 2.65. The summed E-state index contributed by atoms with van der Waals surface area (Å²) in [6.45, 7) is 6.33. The van der Waals surface area contributed by atoms with Crippen LogP contribution in [-0.4, -0.2) is 24.0 Å². The molecule has 0 spiro atoms. The van der Waals surface area contributed by atoms with Crippen LogP contribution >= 0.6 is 0 Å². The molecule has 2 aromatic rings. The summed E-state index contributed by atoms with van der Waals surface area (Å²) in [6.07, 6.45) is 2.86. The van der Waals surface area contributed by atoms with E-state index in [1.165, 1.54) is 19.4 Å². The van der Waals surface area contributed by atoms with Crippen LogP contribution in [0.3, 0.4) is 0 Å². The van der Waals surface area contributed by atoms with E-state index in [0.717, 1.165) is 11.1 Å². The van der Waals surface area contributed by atoms with Crippen LogP contribution in [0.5, 0.6) is 5.75 Å². The van der Waals surface area contributed by atoms with Crippen molar-refractivity contribution in [3.05, 3.63) is 59.6 Å². The molecule has 0 saturated heterocycles. The van der Waals surface area contributed by atoms with Crippen molar-refractivity contribution in [2.24, 2.45) is 0 Å². The summed E-state index contributed by atoms with van der Waals surface area (Å²) in [7, 11) is 1.20. The van der Waals surface area contributed by atoms with Crippen LogP contribution in [0.15, 0.2) is 47.1 Å². The van der Waals surface area contributed by atoms with Crippen molar-refractivity contribution >= 4 is 11.5 Å². The molecule has 0 fully saturated rings. The molecule has 1 N–H and O–H groups in total. The number of rotatable bonds is 2. The van der Waals surface area contributed by atoms with Crippen molar-refractivity contribution in [3.8, 4) is 5.75 Å². The topological polar surface area (TPSA) is 68.9 Å². The Labute approximate surface area is 140 Å². The molecule has 5 heteroatoms. The number of furan rings is 1. The van der Waals surface area contributed by atoms with Gasteiger partial charge in [0.1, 0.15) is 11.5 Å². The Hall–Kier alpha value is -2.53. The van der Waals surface area contributed by atoms with E-state index in [9.17, 15) is 9.90 Å². The molecule has 0 aliphatic carbocycles. The number of hydrogen-bond donors (Lipinski definition) is 1. The predicted octanol–water partition coefficient (Wildman–Crippen LogP) is 3.26. The maximum atomic E-state index is 12.0. The van der Waals surface area contributed by atoms with Crippen molar-refractivity contribution in [2.45, 2.75) is 32.0 Å². The highest BCUT2D eigenvalue weighted by atomic mass is 16.7. The largest absolute Gasteiger partial charge is 0.464 e. The molecule has 24 heavy (non-hydrogen) atoms. The van der Waals surface area contributed by atoms with Crippen LogP contribution in [0.4, 0.5) is 0 Å². The zero-order chi connectivity index (χ0) is 17.5. The third-order valence-corrected chi connectivity index (χ3v) is 4.01. The quantitative estimate of drug-likeness (QED) is 0.857. The first-order chi connectivity index (χ1) is 11.2. The van der Waals surface area contributed by atoms with E-state index in [1.54, 1.807) is 18.2 Å². The van der Waals surface area contributed by atoms with Gasteiger partial charge in [-0.15, -0.1) is 0 Å². The number of fused-ring (bicyclic) bond motifs is 1. The van der Waals surface area contributed by atoms with E-state index in [0.29, 0.717) is 17.1 Å². The first-order valence-electron chi connectivity index (χ1n) is 7.66. The lowest BCUT2D eigenvalue weighted by Gasteiger charge is -2.31. The number of carbonyl (C=O) groups is 1. The molecular formula is C19H20O5. The zero-order valence-electron chi connectivity index (χ0n) is 14.1. The van der Waals surface area contributed by atoms with Gasteiger partial charge in [-0.2, -0.15) is 0 Å². The van der Waals surface area contributed by atoms with Gasteiger partial charge in [-0.3, -0.25) is 0 Å². The number of hydrogen-bond acceptors (Lipinski definition) is 5. The average molecular weight is 328 g/mol. The van der Waals surface area contributed by atoms with Crippen LogP contribution in [0.25, 0.3) is 5.57 Å². The van der Waals surface area contributed by atoms with Gasteiger partial charge in [-0.25, -0.2) is 4.79 Å². The van der Waals surface area contributed by atoms with Crippen LogP contribution in [0.1, 0.15) is 37.7 Å².